The molecule has 0 radical (unpaired) electrons. The summed E-state index contributed by atoms with van der Waals surface area (Å²) in [6.45, 7) is 3.42. The van der Waals surface area contributed by atoms with Crippen LogP contribution in [0.1, 0.15) is 19.4 Å². The summed E-state index contributed by atoms with van der Waals surface area (Å²) in [6.07, 6.45) is 0. The van der Waals surface area contributed by atoms with Crippen LogP contribution in [0, 0.1) is 0 Å². The van der Waals surface area contributed by atoms with Crippen LogP contribution < -0.4 is 5.43 Å². The van der Waals surface area contributed by atoms with Crippen molar-refractivity contribution < 1.29 is 5.11 Å². The Hall–Kier alpha value is -1.71. The van der Waals surface area contributed by atoms with Gasteiger partial charge < -0.3 is 5.11 Å². The molecule has 0 aliphatic rings. The smallest absolute Gasteiger partial charge is 0.196 e. The van der Waals surface area contributed by atoms with Crippen LogP contribution in [0.4, 0.5) is 0 Å². The highest BCUT2D eigenvalue weighted by atomic mass is 32.1. The van der Waals surface area contributed by atoms with Crippen molar-refractivity contribution in [2.75, 3.05) is 0 Å². The lowest BCUT2D eigenvalue weighted by Crippen LogP contribution is -2.18. The van der Waals surface area contributed by atoms with E-state index < -0.39 is 5.60 Å². The summed E-state index contributed by atoms with van der Waals surface area (Å²) in [4.78, 5) is 12.7. The predicted molar refractivity (Wildman–Crippen MR) is 80.8 cm³/mol. The summed E-state index contributed by atoms with van der Waals surface area (Å²) in [5.74, 6) is 0. The minimum absolute atomic E-state index is 0.00192. The molecule has 0 aliphatic heterocycles. The number of fused-ring (bicyclic) bond motifs is 2. The van der Waals surface area contributed by atoms with Crippen molar-refractivity contribution in [3.63, 3.8) is 0 Å². The van der Waals surface area contributed by atoms with Crippen LogP contribution in [0.5, 0.6) is 0 Å². The molecule has 1 aromatic heterocycles. The summed E-state index contributed by atoms with van der Waals surface area (Å²) in [6, 6.07) is 13.2. The summed E-state index contributed by atoms with van der Waals surface area (Å²) >= 11 is 1.58. The number of hydrogen-bond donors (Lipinski definition) is 1. The number of hydrogen-bond acceptors (Lipinski definition) is 3. The van der Waals surface area contributed by atoms with E-state index in [1.165, 1.54) is 0 Å². The van der Waals surface area contributed by atoms with E-state index >= 15 is 0 Å². The van der Waals surface area contributed by atoms with Gasteiger partial charge in [-0.15, -0.1) is 11.3 Å². The average molecular weight is 270 g/mol. The Bertz CT molecular complexity index is 825. The molecule has 0 saturated carbocycles. The Morgan fingerprint density at radius 2 is 1.68 bits per heavy atom. The summed E-state index contributed by atoms with van der Waals surface area (Å²) in [7, 11) is 0. The first-order chi connectivity index (χ1) is 8.98. The molecule has 0 bridgehead atoms. The van der Waals surface area contributed by atoms with E-state index in [1.807, 2.05) is 42.5 Å². The van der Waals surface area contributed by atoms with E-state index in [0.29, 0.717) is 10.9 Å². The van der Waals surface area contributed by atoms with Crippen molar-refractivity contribution in [1.29, 1.82) is 0 Å². The van der Waals surface area contributed by atoms with E-state index in [4.69, 9.17) is 0 Å². The van der Waals surface area contributed by atoms with Crippen LogP contribution in [-0.2, 0) is 5.60 Å². The van der Waals surface area contributed by atoms with Gasteiger partial charge in [0.25, 0.3) is 0 Å². The molecule has 3 aromatic rings. The minimum Gasteiger partial charge on any atom is -0.386 e. The zero-order chi connectivity index (χ0) is 13.6. The maximum atomic E-state index is 12.7. The normalized spacial score (nSPS) is 12.2. The Morgan fingerprint density at radius 3 is 2.42 bits per heavy atom. The zero-order valence-corrected chi connectivity index (χ0v) is 11.6. The molecule has 0 spiro atoms. The lowest BCUT2D eigenvalue weighted by atomic mass is 9.94. The molecule has 0 fully saturated rings. The predicted octanol–water partition coefficient (Wildman–Crippen LogP) is 3.64. The minimum atomic E-state index is -1.02. The fourth-order valence-electron chi connectivity index (χ4n) is 2.36. The van der Waals surface area contributed by atoms with E-state index in [0.717, 1.165) is 14.8 Å². The number of benzene rings is 2. The second kappa shape index (κ2) is 4.15. The largest absolute Gasteiger partial charge is 0.386 e. The van der Waals surface area contributed by atoms with Crippen LogP contribution in [0.2, 0.25) is 0 Å². The molecule has 2 aromatic carbocycles. The van der Waals surface area contributed by atoms with Crippen LogP contribution >= 0.6 is 11.3 Å². The molecule has 1 heterocycles. The van der Waals surface area contributed by atoms with Crippen molar-refractivity contribution in [3.05, 3.63) is 58.3 Å². The molecule has 2 nitrogen and oxygen atoms in total. The highest BCUT2D eigenvalue weighted by molar-refractivity contribution is 7.24. The maximum absolute atomic E-state index is 12.7. The highest BCUT2D eigenvalue weighted by Gasteiger charge is 2.21. The van der Waals surface area contributed by atoms with Crippen molar-refractivity contribution >= 4 is 31.5 Å². The van der Waals surface area contributed by atoms with Gasteiger partial charge in [0.1, 0.15) is 0 Å². The lowest BCUT2D eigenvalue weighted by molar-refractivity contribution is 0.0802. The number of rotatable bonds is 1. The second-order valence-electron chi connectivity index (χ2n) is 5.17. The molecule has 1 N–H and O–H groups in total. The van der Waals surface area contributed by atoms with Gasteiger partial charge in [0, 0.05) is 20.2 Å². The van der Waals surface area contributed by atoms with Crippen LogP contribution in [0.3, 0.4) is 0 Å². The molecule has 96 valence electrons. The molecule has 3 heteroatoms. The highest BCUT2D eigenvalue weighted by Crippen LogP contribution is 2.31. The molecule has 19 heavy (non-hydrogen) atoms. The molecule has 0 atom stereocenters. The Balaban J connectivity index is 2.57. The third-order valence-corrected chi connectivity index (χ3v) is 4.40. The topological polar surface area (TPSA) is 37.3 Å². The standard InChI is InChI=1S/C16H14O2S/c1-16(2,18)11-7-5-9-13-14(11)15(17)10-6-3-4-8-12(10)19-13/h3-9,18H,1-2H3. The molecule has 0 unspecified atom stereocenters. The molecular weight excluding hydrogens is 256 g/mol. The van der Waals surface area contributed by atoms with E-state index in [-0.39, 0.29) is 5.43 Å². The van der Waals surface area contributed by atoms with Gasteiger partial charge in [0.05, 0.1) is 5.60 Å². The SMILES string of the molecule is CC(C)(O)c1cccc2sc3ccccc3c(=O)c12. The molecule has 0 saturated heterocycles. The van der Waals surface area contributed by atoms with Crippen LogP contribution in [0.15, 0.2) is 47.3 Å². The van der Waals surface area contributed by atoms with Gasteiger partial charge in [-0.1, -0.05) is 24.3 Å². The molecular formula is C16H14O2S. The van der Waals surface area contributed by atoms with Crippen molar-refractivity contribution in [3.8, 4) is 0 Å². The molecule has 3 rings (SSSR count). The van der Waals surface area contributed by atoms with Crippen LogP contribution in [-0.4, -0.2) is 5.11 Å². The van der Waals surface area contributed by atoms with Gasteiger partial charge in [-0.3, -0.25) is 4.79 Å². The first-order valence-electron chi connectivity index (χ1n) is 6.16. The van der Waals surface area contributed by atoms with Gasteiger partial charge in [-0.05, 0) is 37.6 Å². The van der Waals surface area contributed by atoms with E-state index in [9.17, 15) is 9.90 Å². The molecule has 0 aliphatic carbocycles. The summed E-state index contributed by atoms with van der Waals surface area (Å²) < 4.78 is 1.90. The Morgan fingerprint density at radius 1 is 1.00 bits per heavy atom. The Kier molecular flexibility index (Phi) is 2.69. The fourth-order valence-corrected chi connectivity index (χ4v) is 3.46. The molecule has 0 amide bonds. The Labute approximate surface area is 114 Å². The van der Waals surface area contributed by atoms with E-state index in [2.05, 4.69) is 0 Å². The fraction of sp³-hybridized carbons (Fsp3) is 0.188. The summed E-state index contributed by atoms with van der Waals surface area (Å²) in [5.41, 5.74) is -0.326. The van der Waals surface area contributed by atoms with E-state index in [1.54, 1.807) is 25.2 Å². The van der Waals surface area contributed by atoms with Crippen LogP contribution in [0.25, 0.3) is 20.2 Å². The van der Waals surface area contributed by atoms with Crippen molar-refractivity contribution in [2.24, 2.45) is 0 Å². The first-order valence-corrected chi connectivity index (χ1v) is 6.97. The lowest BCUT2D eigenvalue weighted by Gasteiger charge is -2.19. The third kappa shape index (κ3) is 1.95. The average Bonchev–Trinajstić information content (AvgIpc) is 2.37. The first kappa shape index (κ1) is 12.3. The van der Waals surface area contributed by atoms with Crippen molar-refractivity contribution in [1.82, 2.24) is 0 Å². The van der Waals surface area contributed by atoms with Gasteiger partial charge >= 0.3 is 0 Å². The van der Waals surface area contributed by atoms with Gasteiger partial charge in [0.2, 0.25) is 0 Å². The quantitative estimate of drug-likeness (QED) is 0.685. The zero-order valence-electron chi connectivity index (χ0n) is 10.8. The van der Waals surface area contributed by atoms with Crippen molar-refractivity contribution in [2.45, 2.75) is 19.4 Å². The summed E-state index contributed by atoms with van der Waals surface area (Å²) in [5, 5.41) is 11.6. The van der Waals surface area contributed by atoms with Gasteiger partial charge in [-0.2, -0.15) is 0 Å². The van der Waals surface area contributed by atoms with Gasteiger partial charge in [-0.25, -0.2) is 0 Å². The number of aliphatic hydroxyl groups is 1. The van der Waals surface area contributed by atoms with Gasteiger partial charge in [0.15, 0.2) is 5.43 Å². The maximum Gasteiger partial charge on any atom is 0.196 e. The monoisotopic (exact) mass is 270 g/mol. The third-order valence-electron chi connectivity index (χ3n) is 3.26. The second-order valence-corrected chi connectivity index (χ2v) is 6.25.